The second-order valence-corrected chi connectivity index (χ2v) is 5.92. The fraction of sp³-hybridized carbons (Fsp3) is 0.417. The van der Waals surface area contributed by atoms with Crippen LogP contribution in [0.3, 0.4) is 0 Å². The van der Waals surface area contributed by atoms with Crippen LogP contribution in [0.1, 0.15) is 19.7 Å². The van der Waals surface area contributed by atoms with Crippen molar-refractivity contribution in [2.45, 2.75) is 20.4 Å². The average Bonchev–Trinajstić information content (AvgIpc) is 2.77. The summed E-state index contributed by atoms with van der Waals surface area (Å²) in [7, 11) is 0. The van der Waals surface area contributed by atoms with Crippen molar-refractivity contribution < 1.29 is 4.79 Å². The first kappa shape index (κ1) is 13.7. The number of thiophene rings is 1. The number of nitrogens with one attached hydrogen (secondary N) is 2. The highest BCUT2D eigenvalue weighted by atomic mass is 32.1. The molecule has 0 aliphatic rings. The van der Waals surface area contributed by atoms with Gasteiger partial charge in [-0.3, -0.25) is 9.59 Å². The van der Waals surface area contributed by atoms with Crippen LogP contribution in [0.2, 0.25) is 0 Å². The van der Waals surface area contributed by atoms with E-state index in [-0.39, 0.29) is 11.5 Å². The van der Waals surface area contributed by atoms with Gasteiger partial charge in [0, 0.05) is 6.54 Å². The number of amides is 1. The average molecular weight is 280 g/mol. The summed E-state index contributed by atoms with van der Waals surface area (Å²) < 4.78 is 0.626. The van der Waals surface area contributed by atoms with Gasteiger partial charge in [-0.15, -0.1) is 11.3 Å². The number of rotatable bonds is 5. The number of nitrogens with zero attached hydrogens (tertiary/aromatic N) is 1. The van der Waals surface area contributed by atoms with Gasteiger partial charge < -0.3 is 16.0 Å². The summed E-state index contributed by atoms with van der Waals surface area (Å²) in [6.07, 6.45) is 0. The summed E-state index contributed by atoms with van der Waals surface area (Å²) in [6.45, 7) is 4.34. The van der Waals surface area contributed by atoms with E-state index in [1.54, 1.807) is 13.8 Å². The molecule has 6 nitrogen and oxygen atoms in total. The van der Waals surface area contributed by atoms with Crippen LogP contribution in [-0.4, -0.2) is 22.4 Å². The third-order valence-corrected chi connectivity index (χ3v) is 3.79. The summed E-state index contributed by atoms with van der Waals surface area (Å²) in [5, 5.41) is 4.91. The Morgan fingerprint density at radius 1 is 1.58 bits per heavy atom. The van der Waals surface area contributed by atoms with E-state index >= 15 is 0 Å². The molecule has 0 saturated heterocycles. The van der Waals surface area contributed by atoms with Crippen molar-refractivity contribution in [1.82, 2.24) is 15.3 Å². The molecule has 1 amide bonds. The molecule has 2 heterocycles. The van der Waals surface area contributed by atoms with Gasteiger partial charge in [0.1, 0.15) is 10.5 Å². The first-order valence-electron chi connectivity index (χ1n) is 5.87. The number of primary amides is 1. The van der Waals surface area contributed by atoms with E-state index in [9.17, 15) is 9.59 Å². The third kappa shape index (κ3) is 2.99. The largest absolute Gasteiger partial charge is 0.369 e. The summed E-state index contributed by atoms with van der Waals surface area (Å²) in [5.41, 5.74) is 5.21. The number of carbonyl (C=O) groups excluding carboxylic acids is 1. The topological polar surface area (TPSA) is 101 Å². The summed E-state index contributed by atoms with van der Waals surface area (Å²) in [4.78, 5) is 30.0. The second kappa shape index (κ2) is 5.10. The van der Waals surface area contributed by atoms with E-state index < -0.39 is 5.41 Å². The van der Waals surface area contributed by atoms with E-state index in [2.05, 4.69) is 15.3 Å². The lowest BCUT2D eigenvalue weighted by molar-refractivity contribution is -0.125. The zero-order chi connectivity index (χ0) is 14.0. The Balaban J connectivity index is 2.06. The minimum absolute atomic E-state index is 0.133. The summed E-state index contributed by atoms with van der Waals surface area (Å²) in [5.74, 6) is 0.186. The number of hydrogen-bond donors (Lipinski definition) is 3. The molecule has 102 valence electrons. The molecule has 2 aromatic heterocycles. The minimum Gasteiger partial charge on any atom is -0.369 e. The molecule has 0 atom stereocenters. The molecule has 0 saturated carbocycles. The van der Waals surface area contributed by atoms with Crippen molar-refractivity contribution >= 4 is 27.5 Å². The fourth-order valence-corrected chi connectivity index (χ4v) is 2.31. The molecular weight excluding hydrogens is 264 g/mol. The molecule has 0 aromatic carbocycles. The lowest BCUT2D eigenvalue weighted by Gasteiger charge is -2.20. The lowest BCUT2D eigenvalue weighted by atomic mass is 9.93. The molecule has 19 heavy (non-hydrogen) atoms. The number of aromatic nitrogens is 2. The molecule has 0 aliphatic heterocycles. The first-order chi connectivity index (χ1) is 8.90. The molecule has 4 N–H and O–H groups in total. The molecule has 0 bridgehead atoms. The van der Waals surface area contributed by atoms with Crippen LogP contribution in [0, 0.1) is 5.41 Å². The van der Waals surface area contributed by atoms with E-state index in [1.165, 1.54) is 11.3 Å². The Hall–Kier alpha value is -1.73. The van der Waals surface area contributed by atoms with E-state index in [0.717, 1.165) is 0 Å². The predicted octanol–water partition coefficient (Wildman–Crippen LogP) is 0.586. The Bertz CT molecular complexity index is 659. The van der Waals surface area contributed by atoms with E-state index in [0.29, 0.717) is 29.1 Å². The van der Waals surface area contributed by atoms with Crippen LogP contribution in [0.4, 0.5) is 0 Å². The Morgan fingerprint density at radius 2 is 2.32 bits per heavy atom. The fourth-order valence-electron chi connectivity index (χ4n) is 1.59. The first-order valence-corrected chi connectivity index (χ1v) is 6.75. The van der Waals surface area contributed by atoms with Gasteiger partial charge in [0.05, 0.1) is 17.5 Å². The van der Waals surface area contributed by atoms with Crippen LogP contribution in [0.25, 0.3) is 10.2 Å². The van der Waals surface area contributed by atoms with Crippen molar-refractivity contribution in [3.63, 3.8) is 0 Å². The van der Waals surface area contributed by atoms with Crippen molar-refractivity contribution in [3.05, 3.63) is 27.6 Å². The Labute approximate surface area is 114 Å². The maximum absolute atomic E-state index is 11.7. The number of carbonyl (C=O) groups is 1. The summed E-state index contributed by atoms with van der Waals surface area (Å²) >= 11 is 1.37. The molecule has 0 spiro atoms. The van der Waals surface area contributed by atoms with Crippen LogP contribution < -0.4 is 16.6 Å². The normalized spacial score (nSPS) is 11.9. The lowest BCUT2D eigenvalue weighted by Crippen LogP contribution is -2.40. The van der Waals surface area contributed by atoms with Crippen molar-refractivity contribution in [2.24, 2.45) is 11.1 Å². The number of fused-ring (bicyclic) bond motifs is 1. The van der Waals surface area contributed by atoms with Gasteiger partial charge in [-0.1, -0.05) is 0 Å². The highest BCUT2D eigenvalue weighted by molar-refractivity contribution is 7.17. The van der Waals surface area contributed by atoms with Gasteiger partial charge >= 0.3 is 0 Å². The van der Waals surface area contributed by atoms with Gasteiger partial charge in [-0.25, -0.2) is 4.98 Å². The number of nitrogens with two attached hydrogens (primary N) is 1. The van der Waals surface area contributed by atoms with Gasteiger partial charge in [0.15, 0.2) is 0 Å². The Kier molecular flexibility index (Phi) is 3.68. The van der Waals surface area contributed by atoms with Crippen LogP contribution in [0.15, 0.2) is 16.2 Å². The molecule has 2 rings (SSSR count). The van der Waals surface area contributed by atoms with Crippen LogP contribution in [-0.2, 0) is 11.3 Å². The van der Waals surface area contributed by atoms with Gasteiger partial charge in [0.2, 0.25) is 5.91 Å². The quantitative estimate of drug-likeness (QED) is 0.746. The second-order valence-electron chi connectivity index (χ2n) is 5.00. The van der Waals surface area contributed by atoms with Gasteiger partial charge in [-0.2, -0.15) is 0 Å². The molecule has 0 aliphatic carbocycles. The molecular formula is C12H16N4O2S. The monoisotopic (exact) mass is 280 g/mol. The summed E-state index contributed by atoms with van der Waals surface area (Å²) in [6, 6.07) is 1.81. The van der Waals surface area contributed by atoms with Gasteiger partial charge in [0.25, 0.3) is 5.56 Å². The molecule has 0 radical (unpaired) electrons. The maximum Gasteiger partial charge on any atom is 0.268 e. The third-order valence-electron chi connectivity index (χ3n) is 2.89. The highest BCUT2D eigenvalue weighted by Crippen LogP contribution is 2.14. The van der Waals surface area contributed by atoms with Gasteiger partial charge in [-0.05, 0) is 25.3 Å². The smallest absolute Gasteiger partial charge is 0.268 e. The molecule has 0 unspecified atom stereocenters. The SMILES string of the molecule is CC(C)(CNCc1nc2ccsc2c(=O)[nH]1)C(N)=O. The van der Waals surface area contributed by atoms with Crippen molar-refractivity contribution in [2.75, 3.05) is 6.54 Å². The molecule has 7 heteroatoms. The molecule has 0 fully saturated rings. The predicted molar refractivity (Wildman–Crippen MR) is 74.9 cm³/mol. The highest BCUT2D eigenvalue weighted by Gasteiger charge is 2.24. The zero-order valence-electron chi connectivity index (χ0n) is 10.8. The van der Waals surface area contributed by atoms with Crippen molar-refractivity contribution in [3.8, 4) is 0 Å². The maximum atomic E-state index is 11.7. The van der Waals surface area contributed by atoms with Crippen molar-refractivity contribution in [1.29, 1.82) is 0 Å². The van der Waals surface area contributed by atoms with Crippen LogP contribution in [0.5, 0.6) is 0 Å². The minimum atomic E-state index is -0.632. The van der Waals surface area contributed by atoms with E-state index in [4.69, 9.17) is 5.73 Å². The van der Waals surface area contributed by atoms with E-state index in [1.807, 2.05) is 11.4 Å². The van der Waals surface area contributed by atoms with Crippen LogP contribution >= 0.6 is 11.3 Å². The molecule has 2 aromatic rings. The number of aromatic amines is 1. The number of hydrogen-bond acceptors (Lipinski definition) is 5. The zero-order valence-corrected chi connectivity index (χ0v) is 11.6. The Morgan fingerprint density at radius 3 is 3.00 bits per heavy atom. The number of H-pyrrole nitrogens is 1. The standard InChI is InChI=1S/C12H16N4O2S/c1-12(2,11(13)18)6-14-5-8-15-7-3-4-19-9(7)10(17)16-8/h3-4,14H,5-6H2,1-2H3,(H2,13,18)(H,15,16,17).